The van der Waals surface area contributed by atoms with Crippen molar-refractivity contribution in [3.8, 4) is 11.4 Å². The van der Waals surface area contributed by atoms with Gasteiger partial charge in [-0.05, 0) is 18.1 Å². The van der Waals surface area contributed by atoms with Crippen LogP contribution in [-0.4, -0.2) is 103 Å². The molecule has 186 valence electrons. The first-order valence-electron chi connectivity index (χ1n) is 11.8. The van der Waals surface area contributed by atoms with Gasteiger partial charge in [0.15, 0.2) is 11.6 Å². The van der Waals surface area contributed by atoms with E-state index in [0.29, 0.717) is 51.8 Å². The Morgan fingerprint density at radius 3 is 2.66 bits per heavy atom. The van der Waals surface area contributed by atoms with E-state index in [4.69, 9.17) is 19.7 Å². The van der Waals surface area contributed by atoms with Gasteiger partial charge in [0.05, 0.1) is 26.0 Å². The lowest BCUT2D eigenvalue weighted by atomic mass is 10.1. The first-order valence-corrected chi connectivity index (χ1v) is 14.5. The molecule has 35 heavy (non-hydrogen) atoms. The quantitative estimate of drug-likeness (QED) is 0.527. The Bertz CT molecular complexity index is 1350. The molecular weight excluding hydrogens is 488 g/mol. The van der Waals surface area contributed by atoms with E-state index in [0.717, 1.165) is 58.6 Å². The fourth-order valence-electron chi connectivity index (χ4n) is 4.75. The Morgan fingerprint density at radius 1 is 1.09 bits per heavy atom. The molecule has 0 unspecified atom stereocenters. The van der Waals surface area contributed by atoms with Gasteiger partial charge in [-0.2, -0.15) is 4.31 Å². The van der Waals surface area contributed by atoms with Crippen molar-refractivity contribution in [3.05, 3.63) is 22.8 Å². The van der Waals surface area contributed by atoms with Crippen molar-refractivity contribution in [3.63, 3.8) is 0 Å². The van der Waals surface area contributed by atoms with Gasteiger partial charge in [0.1, 0.15) is 21.2 Å². The summed E-state index contributed by atoms with van der Waals surface area (Å²) in [6, 6.07) is 2.13. The molecule has 0 aromatic carbocycles. The molecule has 3 aromatic heterocycles. The molecule has 3 aliphatic heterocycles. The van der Waals surface area contributed by atoms with Crippen LogP contribution in [-0.2, 0) is 27.7 Å². The maximum absolute atomic E-state index is 11.8. The molecule has 6 rings (SSSR count). The highest BCUT2D eigenvalue weighted by Gasteiger charge is 2.26. The summed E-state index contributed by atoms with van der Waals surface area (Å²) < 4.78 is 30.8. The third-order valence-corrected chi connectivity index (χ3v) is 8.90. The molecule has 2 fully saturated rings. The van der Waals surface area contributed by atoms with Crippen molar-refractivity contribution >= 4 is 43.3 Å². The Kier molecular flexibility index (Phi) is 6.05. The minimum absolute atomic E-state index is 0.507. The van der Waals surface area contributed by atoms with Crippen LogP contribution in [0.25, 0.3) is 21.7 Å². The maximum atomic E-state index is 11.8. The number of sulfonamides is 1. The first kappa shape index (κ1) is 23.0. The van der Waals surface area contributed by atoms with E-state index in [9.17, 15) is 8.42 Å². The number of ether oxygens (including phenoxy) is 1. The number of morpholine rings is 1. The minimum Gasteiger partial charge on any atom is -0.378 e. The van der Waals surface area contributed by atoms with Gasteiger partial charge in [0, 0.05) is 57.6 Å². The van der Waals surface area contributed by atoms with Crippen molar-refractivity contribution < 1.29 is 13.2 Å². The lowest BCUT2D eigenvalue weighted by Crippen LogP contribution is -2.47. The Morgan fingerprint density at radius 2 is 1.89 bits per heavy atom. The number of nitrogens with zero attached hydrogens (tertiary/aromatic N) is 7. The van der Waals surface area contributed by atoms with Crippen LogP contribution in [0.4, 0.5) is 11.6 Å². The van der Waals surface area contributed by atoms with Gasteiger partial charge >= 0.3 is 0 Å². The van der Waals surface area contributed by atoms with E-state index in [1.54, 1.807) is 11.3 Å². The van der Waals surface area contributed by atoms with Crippen LogP contribution in [0.5, 0.6) is 0 Å². The molecule has 0 radical (unpaired) electrons. The van der Waals surface area contributed by atoms with Gasteiger partial charge in [0.25, 0.3) is 0 Å². The summed E-state index contributed by atoms with van der Waals surface area (Å²) >= 11 is 1.58. The largest absolute Gasteiger partial charge is 0.378 e. The van der Waals surface area contributed by atoms with Crippen LogP contribution in [0.2, 0.25) is 0 Å². The molecule has 11 nitrogen and oxygen atoms in total. The molecule has 1 N–H and O–H groups in total. The maximum Gasteiger partial charge on any atom is 0.211 e. The Balaban J connectivity index is 1.32. The standard InChI is InChI=1S/C22H28N8O3S2/c1-35(31,32)30-6-4-28(5-7-30)14-17-25-18-21(29-8-10-33-11-9-29)26-20(27-22(18)34-17)16-12-15-2-3-23-19(15)24-13-16/h12-13H,2-11,14H2,1H3,(H,23,24). The summed E-state index contributed by atoms with van der Waals surface area (Å²) in [6.07, 6.45) is 4.06. The normalized spacial score (nSPS) is 19.7. The number of nitrogens with one attached hydrogen (secondary N) is 1. The highest BCUT2D eigenvalue weighted by molar-refractivity contribution is 7.88. The van der Waals surface area contributed by atoms with E-state index in [1.165, 1.54) is 16.1 Å². The smallest absolute Gasteiger partial charge is 0.211 e. The number of piperazine rings is 1. The number of rotatable bonds is 5. The Labute approximate surface area is 208 Å². The lowest BCUT2D eigenvalue weighted by molar-refractivity contribution is 0.122. The second-order valence-corrected chi connectivity index (χ2v) is 12.1. The van der Waals surface area contributed by atoms with Crippen LogP contribution >= 0.6 is 11.3 Å². The van der Waals surface area contributed by atoms with Crippen molar-refractivity contribution in [2.24, 2.45) is 0 Å². The first-order chi connectivity index (χ1) is 16.9. The molecule has 6 heterocycles. The summed E-state index contributed by atoms with van der Waals surface area (Å²) in [4.78, 5) is 24.7. The van der Waals surface area contributed by atoms with Gasteiger partial charge < -0.3 is 15.0 Å². The molecule has 0 amide bonds. The molecule has 3 aromatic rings. The summed E-state index contributed by atoms with van der Waals surface area (Å²) in [5, 5.41) is 4.26. The fraction of sp³-hybridized carbons (Fsp3) is 0.545. The molecule has 3 aliphatic rings. The van der Waals surface area contributed by atoms with E-state index in [2.05, 4.69) is 26.2 Å². The van der Waals surface area contributed by atoms with Gasteiger partial charge in [-0.25, -0.2) is 28.4 Å². The lowest BCUT2D eigenvalue weighted by Gasteiger charge is -2.32. The molecule has 0 aliphatic carbocycles. The topological polar surface area (TPSA) is 117 Å². The van der Waals surface area contributed by atoms with E-state index in [-0.39, 0.29) is 0 Å². The molecule has 0 bridgehead atoms. The Hall–Kier alpha value is -2.45. The molecule has 13 heteroatoms. The van der Waals surface area contributed by atoms with Crippen LogP contribution in [0.3, 0.4) is 0 Å². The van der Waals surface area contributed by atoms with Gasteiger partial charge in [-0.3, -0.25) is 4.90 Å². The summed E-state index contributed by atoms with van der Waals surface area (Å²) in [6.45, 7) is 6.80. The summed E-state index contributed by atoms with van der Waals surface area (Å²) in [5.41, 5.74) is 2.93. The van der Waals surface area contributed by atoms with Crippen molar-refractivity contribution in [2.45, 2.75) is 13.0 Å². The number of fused-ring (bicyclic) bond motifs is 2. The third-order valence-electron chi connectivity index (χ3n) is 6.67. The summed E-state index contributed by atoms with van der Waals surface area (Å²) in [7, 11) is -3.15. The third kappa shape index (κ3) is 4.70. The predicted octanol–water partition coefficient (Wildman–Crippen LogP) is 1.03. The van der Waals surface area contributed by atoms with Gasteiger partial charge in [-0.1, -0.05) is 11.3 Å². The zero-order chi connectivity index (χ0) is 24.0. The van der Waals surface area contributed by atoms with Crippen LogP contribution in [0.1, 0.15) is 10.6 Å². The molecular formula is C22H28N8O3S2. The van der Waals surface area contributed by atoms with Crippen LogP contribution in [0.15, 0.2) is 12.3 Å². The van der Waals surface area contributed by atoms with E-state index in [1.807, 2.05) is 6.20 Å². The van der Waals surface area contributed by atoms with Gasteiger partial charge in [-0.15, -0.1) is 0 Å². The molecule has 0 atom stereocenters. The van der Waals surface area contributed by atoms with Crippen LogP contribution in [0, 0.1) is 0 Å². The second kappa shape index (κ2) is 9.21. The monoisotopic (exact) mass is 516 g/mol. The molecule has 0 saturated carbocycles. The van der Waals surface area contributed by atoms with Gasteiger partial charge in [0.2, 0.25) is 10.0 Å². The van der Waals surface area contributed by atoms with Crippen molar-refractivity contribution in [1.29, 1.82) is 0 Å². The second-order valence-electron chi connectivity index (χ2n) is 9.08. The zero-order valence-electron chi connectivity index (χ0n) is 19.6. The van der Waals surface area contributed by atoms with Crippen molar-refractivity contribution in [1.82, 2.24) is 29.1 Å². The average molecular weight is 517 g/mol. The van der Waals surface area contributed by atoms with E-state index >= 15 is 0 Å². The number of thiazole rings is 1. The fourth-order valence-corrected chi connectivity index (χ4v) is 6.55. The molecule has 0 spiro atoms. The average Bonchev–Trinajstić information content (AvgIpc) is 3.49. The highest BCUT2D eigenvalue weighted by atomic mass is 32.2. The van der Waals surface area contributed by atoms with E-state index < -0.39 is 10.0 Å². The number of hydrogen-bond donors (Lipinski definition) is 1. The minimum atomic E-state index is -3.15. The number of aromatic nitrogens is 4. The SMILES string of the molecule is CS(=O)(=O)N1CCN(Cc2nc3c(N4CCOCC4)nc(-c4cnc5c(c4)CCN5)nc3s2)CC1. The highest BCUT2D eigenvalue weighted by Crippen LogP contribution is 2.33. The van der Waals surface area contributed by atoms with Crippen molar-refractivity contribution in [2.75, 3.05) is 75.5 Å². The van der Waals surface area contributed by atoms with Crippen LogP contribution < -0.4 is 10.2 Å². The zero-order valence-corrected chi connectivity index (χ0v) is 21.2. The molecule has 2 saturated heterocycles. The number of pyridine rings is 1. The predicted molar refractivity (Wildman–Crippen MR) is 135 cm³/mol. The number of hydrogen-bond acceptors (Lipinski definition) is 11. The number of anilines is 2. The summed E-state index contributed by atoms with van der Waals surface area (Å²) in [5.74, 6) is 2.45.